The van der Waals surface area contributed by atoms with Crippen molar-refractivity contribution < 1.29 is 22.6 Å². The molecule has 3 nitrogen and oxygen atoms in total. The molecule has 1 saturated heterocycles. The minimum atomic E-state index is -4.69. The van der Waals surface area contributed by atoms with Gasteiger partial charge in [-0.15, -0.1) is 13.2 Å². The molecule has 100 valence electrons. The van der Waals surface area contributed by atoms with E-state index in [2.05, 4.69) is 26.0 Å². The number of hydrogen-bond donors (Lipinski definition) is 1. The highest BCUT2D eigenvalue weighted by atomic mass is 79.9. The van der Waals surface area contributed by atoms with E-state index in [-0.39, 0.29) is 16.3 Å². The summed E-state index contributed by atoms with van der Waals surface area (Å²) in [6.07, 6.45) is -3.75. The van der Waals surface area contributed by atoms with Gasteiger partial charge in [-0.2, -0.15) is 0 Å². The zero-order chi connectivity index (χ0) is 13.2. The van der Waals surface area contributed by atoms with Crippen LogP contribution in [0.1, 0.15) is 6.42 Å². The fourth-order valence-electron chi connectivity index (χ4n) is 1.68. The summed E-state index contributed by atoms with van der Waals surface area (Å²) in [5, 5.41) is 3.14. The van der Waals surface area contributed by atoms with Crippen LogP contribution in [0.2, 0.25) is 0 Å². The lowest BCUT2D eigenvalue weighted by Gasteiger charge is -2.15. The number of ether oxygens (including phenoxy) is 2. The molecule has 0 bridgehead atoms. The molecule has 0 spiro atoms. The van der Waals surface area contributed by atoms with Crippen molar-refractivity contribution in [3.05, 3.63) is 22.7 Å². The lowest BCUT2D eigenvalue weighted by atomic mass is 10.3. The average Bonchev–Trinajstić information content (AvgIpc) is 2.73. The Kier molecular flexibility index (Phi) is 4.01. The van der Waals surface area contributed by atoms with E-state index in [1.54, 1.807) is 0 Å². The molecule has 1 aliphatic heterocycles. The monoisotopic (exact) mass is 325 g/mol. The highest BCUT2D eigenvalue weighted by molar-refractivity contribution is 9.10. The molecule has 1 aliphatic rings. The number of benzene rings is 1. The maximum absolute atomic E-state index is 12.1. The van der Waals surface area contributed by atoms with Crippen LogP contribution in [-0.2, 0) is 0 Å². The second kappa shape index (κ2) is 5.36. The van der Waals surface area contributed by atoms with Crippen molar-refractivity contribution >= 4 is 15.9 Å². The molecule has 0 aliphatic carbocycles. The third kappa shape index (κ3) is 3.78. The van der Waals surface area contributed by atoms with Crippen LogP contribution in [0.15, 0.2) is 22.7 Å². The predicted octanol–water partition coefficient (Wildman–Crippen LogP) is 3.09. The summed E-state index contributed by atoms with van der Waals surface area (Å²) in [7, 11) is 0. The fraction of sp³-hybridized carbons (Fsp3) is 0.455. The topological polar surface area (TPSA) is 30.5 Å². The first kappa shape index (κ1) is 13.5. The molecule has 0 saturated carbocycles. The second-order valence-corrected chi connectivity index (χ2v) is 4.73. The Morgan fingerprint density at radius 3 is 2.67 bits per heavy atom. The van der Waals surface area contributed by atoms with Crippen molar-refractivity contribution in [3.8, 4) is 11.5 Å². The van der Waals surface area contributed by atoms with E-state index in [1.165, 1.54) is 18.2 Å². The molecule has 0 unspecified atom stereocenters. The summed E-state index contributed by atoms with van der Waals surface area (Å²) in [5.74, 6) is 0.240. The summed E-state index contributed by atoms with van der Waals surface area (Å²) in [4.78, 5) is 0. The molecule has 0 amide bonds. The zero-order valence-electron chi connectivity index (χ0n) is 9.26. The van der Waals surface area contributed by atoms with Crippen LogP contribution in [-0.4, -0.2) is 25.6 Å². The summed E-state index contributed by atoms with van der Waals surface area (Å²) in [6, 6.07) is 4.17. The van der Waals surface area contributed by atoms with E-state index in [4.69, 9.17) is 4.74 Å². The standard InChI is InChI=1S/C11H11BrF3NO2/c12-9-5-7(17-8-3-4-16-6-8)1-2-10(9)18-11(13,14)15/h1-2,5,8,16H,3-4,6H2/t8-/m0/s1. The van der Waals surface area contributed by atoms with E-state index in [0.29, 0.717) is 5.75 Å². The van der Waals surface area contributed by atoms with Crippen LogP contribution in [0, 0.1) is 0 Å². The Bertz CT molecular complexity index is 419. The van der Waals surface area contributed by atoms with Gasteiger partial charge in [-0.25, -0.2) is 0 Å². The van der Waals surface area contributed by atoms with Gasteiger partial charge in [0.05, 0.1) is 4.47 Å². The number of hydrogen-bond acceptors (Lipinski definition) is 3. The van der Waals surface area contributed by atoms with E-state index in [0.717, 1.165) is 19.5 Å². The van der Waals surface area contributed by atoms with Crippen LogP contribution >= 0.6 is 15.9 Å². The Hall–Kier alpha value is -0.950. The third-order valence-electron chi connectivity index (χ3n) is 2.45. The van der Waals surface area contributed by atoms with Gasteiger partial charge in [0, 0.05) is 6.54 Å². The molecule has 0 aromatic heterocycles. The van der Waals surface area contributed by atoms with Crippen molar-refractivity contribution in [2.24, 2.45) is 0 Å². The Labute approximate surface area is 110 Å². The minimum absolute atomic E-state index is 0.0614. The number of nitrogens with one attached hydrogen (secondary N) is 1. The smallest absolute Gasteiger partial charge is 0.489 e. The quantitative estimate of drug-likeness (QED) is 0.926. The molecule has 1 atom stereocenters. The highest BCUT2D eigenvalue weighted by Gasteiger charge is 2.32. The Balaban J connectivity index is 2.04. The normalized spacial score (nSPS) is 19.9. The average molecular weight is 326 g/mol. The molecule has 18 heavy (non-hydrogen) atoms. The lowest BCUT2D eigenvalue weighted by molar-refractivity contribution is -0.274. The number of rotatable bonds is 3. The molecule has 0 radical (unpaired) electrons. The molecule has 1 aromatic carbocycles. The van der Waals surface area contributed by atoms with Crippen molar-refractivity contribution in [1.29, 1.82) is 0 Å². The van der Waals surface area contributed by atoms with Gasteiger partial charge in [-0.3, -0.25) is 0 Å². The Morgan fingerprint density at radius 2 is 2.11 bits per heavy atom. The van der Waals surface area contributed by atoms with Gasteiger partial charge in [-0.1, -0.05) is 0 Å². The van der Waals surface area contributed by atoms with Gasteiger partial charge in [0.25, 0.3) is 0 Å². The zero-order valence-corrected chi connectivity index (χ0v) is 10.8. The van der Waals surface area contributed by atoms with Crippen LogP contribution in [0.4, 0.5) is 13.2 Å². The van der Waals surface area contributed by atoms with Gasteiger partial charge in [-0.05, 0) is 47.1 Å². The van der Waals surface area contributed by atoms with E-state index >= 15 is 0 Å². The molecule has 7 heteroatoms. The maximum Gasteiger partial charge on any atom is 0.573 e. The Morgan fingerprint density at radius 1 is 1.33 bits per heavy atom. The van der Waals surface area contributed by atoms with Crippen LogP contribution in [0.5, 0.6) is 11.5 Å². The first-order valence-corrected chi connectivity index (χ1v) is 6.16. The summed E-state index contributed by atoms with van der Waals surface area (Å²) >= 11 is 3.03. The first-order valence-electron chi connectivity index (χ1n) is 5.37. The van der Waals surface area contributed by atoms with Crippen LogP contribution in [0.25, 0.3) is 0 Å². The van der Waals surface area contributed by atoms with Crippen LogP contribution in [0.3, 0.4) is 0 Å². The van der Waals surface area contributed by atoms with Crippen LogP contribution < -0.4 is 14.8 Å². The fourth-order valence-corrected chi connectivity index (χ4v) is 2.12. The molecular weight excluding hydrogens is 315 g/mol. The van der Waals surface area contributed by atoms with Crippen molar-refractivity contribution in [1.82, 2.24) is 5.32 Å². The minimum Gasteiger partial charge on any atom is -0.489 e. The van der Waals surface area contributed by atoms with Crippen molar-refractivity contribution in [2.45, 2.75) is 18.9 Å². The molecule has 2 rings (SSSR count). The van der Waals surface area contributed by atoms with E-state index in [9.17, 15) is 13.2 Å². The predicted molar refractivity (Wildman–Crippen MR) is 62.7 cm³/mol. The summed E-state index contributed by atoms with van der Waals surface area (Å²) in [6.45, 7) is 1.64. The van der Waals surface area contributed by atoms with Gasteiger partial charge >= 0.3 is 6.36 Å². The summed E-state index contributed by atoms with van der Waals surface area (Å²) < 4.78 is 45.9. The molecule has 1 fully saturated rings. The van der Waals surface area contributed by atoms with Crippen molar-refractivity contribution in [3.63, 3.8) is 0 Å². The molecular formula is C11H11BrF3NO2. The SMILES string of the molecule is FC(F)(F)Oc1ccc(O[C@H]2CCNC2)cc1Br. The van der Waals surface area contributed by atoms with Gasteiger partial charge in [0.15, 0.2) is 0 Å². The van der Waals surface area contributed by atoms with Gasteiger partial charge in [0.2, 0.25) is 0 Å². The maximum atomic E-state index is 12.1. The third-order valence-corrected chi connectivity index (χ3v) is 3.07. The second-order valence-electron chi connectivity index (χ2n) is 3.87. The van der Waals surface area contributed by atoms with Gasteiger partial charge < -0.3 is 14.8 Å². The lowest BCUT2D eigenvalue weighted by Crippen LogP contribution is -2.20. The van der Waals surface area contributed by atoms with Gasteiger partial charge in [0.1, 0.15) is 17.6 Å². The molecule has 1 aromatic rings. The summed E-state index contributed by atoms with van der Waals surface area (Å²) in [5.41, 5.74) is 0. The van der Waals surface area contributed by atoms with Crippen molar-refractivity contribution in [2.75, 3.05) is 13.1 Å². The van der Waals surface area contributed by atoms with E-state index in [1.807, 2.05) is 0 Å². The first-order chi connectivity index (χ1) is 8.44. The highest BCUT2D eigenvalue weighted by Crippen LogP contribution is 2.33. The number of halogens is 4. The van der Waals surface area contributed by atoms with E-state index < -0.39 is 6.36 Å². The largest absolute Gasteiger partial charge is 0.573 e. The number of alkyl halides is 3. The molecule has 1 heterocycles. The molecule has 1 N–H and O–H groups in total.